The molecule has 0 saturated heterocycles. The number of ketones is 1. The molecule has 0 fully saturated rings. The topological polar surface area (TPSA) is 57.5 Å². The number of aryl methyl sites for hydroxylation is 1. The molecule has 0 spiro atoms. The molecule has 0 unspecified atom stereocenters. The molecule has 5 nitrogen and oxygen atoms in total. The molecule has 0 aliphatic carbocycles. The SMILES string of the molecule is CC[C@H](Oc1ccccc1)C(=O)OCC(=O)c1cc(C)n(Cc2ccccc2)c1C. The second kappa shape index (κ2) is 9.92. The van der Waals surface area contributed by atoms with Crippen LogP contribution in [0.2, 0.25) is 0 Å². The number of aromatic nitrogens is 1. The number of nitrogens with zero attached hydrogens (tertiary/aromatic N) is 1. The van der Waals surface area contributed by atoms with Crippen LogP contribution in [0.5, 0.6) is 5.75 Å². The van der Waals surface area contributed by atoms with Crippen LogP contribution in [0.1, 0.15) is 40.7 Å². The molecule has 5 heteroatoms. The van der Waals surface area contributed by atoms with Crippen LogP contribution >= 0.6 is 0 Å². The highest BCUT2D eigenvalue weighted by atomic mass is 16.6. The number of hydrogen-bond acceptors (Lipinski definition) is 4. The first-order chi connectivity index (χ1) is 14.5. The first-order valence-electron chi connectivity index (χ1n) is 10.1. The smallest absolute Gasteiger partial charge is 0.347 e. The van der Waals surface area contributed by atoms with Crippen molar-refractivity contribution in [1.29, 1.82) is 0 Å². The van der Waals surface area contributed by atoms with Crippen molar-refractivity contribution in [1.82, 2.24) is 4.57 Å². The van der Waals surface area contributed by atoms with Crippen LogP contribution in [0.4, 0.5) is 0 Å². The van der Waals surface area contributed by atoms with Crippen LogP contribution in [0.25, 0.3) is 0 Å². The van der Waals surface area contributed by atoms with Crippen molar-refractivity contribution in [2.24, 2.45) is 0 Å². The van der Waals surface area contributed by atoms with Gasteiger partial charge in [-0.2, -0.15) is 0 Å². The minimum atomic E-state index is -0.745. The van der Waals surface area contributed by atoms with Gasteiger partial charge in [-0.1, -0.05) is 55.5 Å². The Morgan fingerprint density at radius 2 is 1.60 bits per heavy atom. The lowest BCUT2D eigenvalue weighted by atomic mass is 10.1. The monoisotopic (exact) mass is 405 g/mol. The lowest BCUT2D eigenvalue weighted by Crippen LogP contribution is -2.30. The first kappa shape index (κ1) is 21.4. The zero-order valence-corrected chi connectivity index (χ0v) is 17.6. The van der Waals surface area contributed by atoms with E-state index in [9.17, 15) is 9.59 Å². The van der Waals surface area contributed by atoms with Gasteiger partial charge in [0.2, 0.25) is 5.78 Å². The maximum Gasteiger partial charge on any atom is 0.347 e. The molecule has 0 radical (unpaired) electrons. The van der Waals surface area contributed by atoms with Gasteiger partial charge in [-0.15, -0.1) is 0 Å². The first-order valence-corrected chi connectivity index (χ1v) is 10.1. The average Bonchev–Trinajstić information content (AvgIpc) is 3.05. The fraction of sp³-hybridized carbons (Fsp3) is 0.280. The number of hydrogen-bond donors (Lipinski definition) is 0. The summed E-state index contributed by atoms with van der Waals surface area (Å²) < 4.78 is 13.1. The van der Waals surface area contributed by atoms with Crippen molar-refractivity contribution in [2.75, 3.05) is 6.61 Å². The molecule has 0 aliphatic rings. The van der Waals surface area contributed by atoms with Crippen molar-refractivity contribution in [3.8, 4) is 5.75 Å². The van der Waals surface area contributed by atoms with Gasteiger partial charge in [-0.3, -0.25) is 4.79 Å². The largest absolute Gasteiger partial charge is 0.479 e. The number of para-hydroxylation sites is 1. The fourth-order valence-electron chi connectivity index (χ4n) is 3.36. The standard InChI is InChI=1S/C25H27NO4/c1-4-24(30-21-13-9-6-10-14-21)25(28)29-17-23(27)22-15-18(2)26(19(22)3)16-20-11-7-5-8-12-20/h5-15,24H,4,16-17H2,1-3H3/t24-/m0/s1. The van der Waals surface area contributed by atoms with E-state index in [1.54, 1.807) is 12.1 Å². The van der Waals surface area contributed by atoms with E-state index in [1.807, 2.05) is 63.2 Å². The number of rotatable bonds is 9. The van der Waals surface area contributed by atoms with Gasteiger partial charge in [0.05, 0.1) is 0 Å². The summed E-state index contributed by atoms with van der Waals surface area (Å²) in [6, 6.07) is 21.0. The Labute approximate surface area is 177 Å². The fourth-order valence-corrected chi connectivity index (χ4v) is 3.36. The van der Waals surface area contributed by atoms with E-state index in [0.29, 0.717) is 24.3 Å². The normalized spacial score (nSPS) is 11.7. The molecular weight excluding hydrogens is 378 g/mol. The van der Waals surface area contributed by atoms with E-state index in [1.165, 1.54) is 0 Å². The summed E-state index contributed by atoms with van der Waals surface area (Å²) in [5.41, 5.74) is 3.59. The Kier molecular flexibility index (Phi) is 7.07. The number of carbonyl (C=O) groups is 2. The highest BCUT2D eigenvalue weighted by Gasteiger charge is 2.23. The molecular formula is C25H27NO4. The van der Waals surface area contributed by atoms with Gasteiger partial charge in [0.25, 0.3) is 0 Å². The van der Waals surface area contributed by atoms with Crippen molar-refractivity contribution in [3.63, 3.8) is 0 Å². The van der Waals surface area contributed by atoms with Crippen LogP contribution in [-0.4, -0.2) is 29.0 Å². The Hall–Kier alpha value is -3.34. The van der Waals surface area contributed by atoms with Gasteiger partial charge >= 0.3 is 5.97 Å². The number of benzene rings is 2. The molecule has 0 amide bonds. The van der Waals surface area contributed by atoms with E-state index in [-0.39, 0.29) is 12.4 Å². The average molecular weight is 405 g/mol. The van der Waals surface area contributed by atoms with Crippen molar-refractivity contribution in [3.05, 3.63) is 89.2 Å². The van der Waals surface area contributed by atoms with E-state index >= 15 is 0 Å². The predicted octanol–water partition coefficient (Wildman–Crippen LogP) is 4.74. The molecule has 2 aromatic carbocycles. The van der Waals surface area contributed by atoms with E-state index in [0.717, 1.165) is 17.0 Å². The summed E-state index contributed by atoms with van der Waals surface area (Å²) in [7, 11) is 0. The van der Waals surface area contributed by atoms with Gasteiger partial charge in [-0.25, -0.2) is 4.79 Å². The van der Waals surface area contributed by atoms with Gasteiger partial charge in [0.15, 0.2) is 12.7 Å². The number of esters is 1. The van der Waals surface area contributed by atoms with Gasteiger partial charge in [0, 0.05) is 23.5 Å². The lowest BCUT2D eigenvalue weighted by Gasteiger charge is -2.16. The van der Waals surface area contributed by atoms with Crippen LogP contribution in [-0.2, 0) is 16.1 Å². The number of ether oxygens (including phenoxy) is 2. The number of Topliss-reactive ketones (excluding diaryl/α,β-unsaturated/α-hetero) is 1. The molecule has 1 heterocycles. The molecule has 30 heavy (non-hydrogen) atoms. The minimum absolute atomic E-state index is 0.217. The third-order valence-corrected chi connectivity index (χ3v) is 5.06. The second-order valence-corrected chi connectivity index (χ2v) is 7.22. The van der Waals surface area contributed by atoms with Crippen LogP contribution < -0.4 is 4.74 Å². The van der Waals surface area contributed by atoms with Crippen molar-refractivity contribution >= 4 is 11.8 Å². The zero-order chi connectivity index (χ0) is 21.5. The molecule has 3 rings (SSSR count). The summed E-state index contributed by atoms with van der Waals surface area (Å²) in [5, 5.41) is 0. The third kappa shape index (κ3) is 5.17. The quantitative estimate of drug-likeness (QED) is 0.381. The number of carbonyl (C=O) groups excluding carboxylic acids is 2. The Balaban J connectivity index is 1.63. The molecule has 0 bridgehead atoms. The highest BCUT2D eigenvalue weighted by molar-refractivity contribution is 5.99. The van der Waals surface area contributed by atoms with Gasteiger partial charge < -0.3 is 14.0 Å². The molecule has 0 saturated carbocycles. The highest BCUT2D eigenvalue weighted by Crippen LogP contribution is 2.18. The van der Waals surface area contributed by atoms with E-state index in [4.69, 9.17) is 9.47 Å². The zero-order valence-electron chi connectivity index (χ0n) is 17.6. The summed E-state index contributed by atoms with van der Waals surface area (Å²) in [6.45, 7) is 6.11. The minimum Gasteiger partial charge on any atom is -0.479 e. The van der Waals surface area contributed by atoms with Gasteiger partial charge in [0.1, 0.15) is 5.75 Å². The van der Waals surface area contributed by atoms with Crippen molar-refractivity contribution in [2.45, 2.75) is 39.8 Å². The molecule has 156 valence electrons. The van der Waals surface area contributed by atoms with E-state index in [2.05, 4.69) is 16.7 Å². The Morgan fingerprint density at radius 1 is 0.967 bits per heavy atom. The Morgan fingerprint density at radius 3 is 2.23 bits per heavy atom. The summed E-state index contributed by atoms with van der Waals surface area (Å²) in [6.07, 6.45) is -0.293. The molecule has 1 aromatic heterocycles. The molecule has 3 aromatic rings. The van der Waals surface area contributed by atoms with Crippen molar-refractivity contribution < 1.29 is 19.1 Å². The molecule has 0 aliphatic heterocycles. The van der Waals surface area contributed by atoms with Crippen LogP contribution in [0.3, 0.4) is 0 Å². The van der Waals surface area contributed by atoms with Crippen LogP contribution in [0.15, 0.2) is 66.7 Å². The van der Waals surface area contributed by atoms with Crippen LogP contribution in [0, 0.1) is 13.8 Å². The maximum atomic E-state index is 12.7. The van der Waals surface area contributed by atoms with E-state index < -0.39 is 12.1 Å². The second-order valence-electron chi connectivity index (χ2n) is 7.22. The summed E-state index contributed by atoms with van der Waals surface area (Å²) in [5.74, 6) is -0.157. The summed E-state index contributed by atoms with van der Waals surface area (Å²) in [4.78, 5) is 25.1. The molecule has 1 atom stereocenters. The lowest BCUT2D eigenvalue weighted by molar-refractivity contribution is -0.150. The Bertz CT molecular complexity index is 993. The third-order valence-electron chi connectivity index (χ3n) is 5.06. The maximum absolute atomic E-state index is 12.7. The summed E-state index contributed by atoms with van der Waals surface area (Å²) >= 11 is 0. The molecule has 0 N–H and O–H groups in total. The van der Waals surface area contributed by atoms with Gasteiger partial charge in [-0.05, 0) is 44.0 Å². The predicted molar refractivity (Wildman–Crippen MR) is 116 cm³/mol.